The van der Waals surface area contributed by atoms with Gasteiger partial charge in [0.25, 0.3) is 0 Å². The standard InChI is InChI=1S/C14H17ClO3S/c1-8(2)13(14(16)17)19-7-11-6-9-5-10(15)3-4-12(9)18-11/h3-5,8,11,13H,6-7H2,1-2H3,(H,16,17). The van der Waals surface area contributed by atoms with E-state index in [0.717, 1.165) is 17.7 Å². The lowest BCUT2D eigenvalue weighted by Gasteiger charge is -2.18. The Morgan fingerprint density at radius 3 is 2.95 bits per heavy atom. The van der Waals surface area contributed by atoms with Crippen molar-refractivity contribution >= 4 is 29.3 Å². The fourth-order valence-corrected chi connectivity index (χ4v) is 3.47. The minimum Gasteiger partial charge on any atom is -0.489 e. The molecular weight excluding hydrogens is 284 g/mol. The minimum absolute atomic E-state index is 0.0408. The normalized spacial score (nSPS) is 19.1. The van der Waals surface area contributed by atoms with E-state index in [4.69, 9.17) is 21.4 Å². The first-order chi connectivity index (χ1) is 8.97. The zero-order valence-corrected chi connectivity index (χ0v) is 12.5. The van der Waals surface area contributed by atoms with Crippen molar-refractivity contribution in [2.75, 3.05) is 5.75 Å². The summed E-state index contributed by atoms with van der Waals surface area (Å²) in [7, 11) is 0. The molecule has 1 aromatic carbocycles. The van der Waals surface area contributed by atoms with E-state index in [1.54, 1.807) is 0 Å². The molecule has 1 aliphatic heterocycles. The highest BCUT2D eigenvalue weighted by atomic mass is 35.5. The Morgan fingerprint density at radius 2 is 2.32 bits per heavy atom. The van der Waals surface area contributed by atoms with Gasteiger partial charge in [-0.2, -0.15) is 0 Å². The number of carbonyl (C=O) groups is 1. The largest absolute Gasteiger partial charge is 0.489 e. The zero-order chi connectivity index (χ0) is 14.0. The van der Waals surface area contributed by atoms with Crippen LogP contribution in [0.1, 0.15) is 19.4 Å². The summed E-state index contributed by atoms with van der Waals surface area (Å²) in [6.45, 7) is 3.85. The second-order valence-electron chi connectivity index (χ2n) is 5.03. The van der Waals surface area contributed by atoms with Gasteiger partial charge >= 0.3 is 5.97 Å². The van der Waals surface area contributed by atoms with Crippen LogP contribution in [0.3, 0.4) is 0 Å². The first kappa shape index (κ1) is 14.5. The lowest BCUT2D eigenvalue weighted by molar-refractivity contribution is -0.137. The van der Waals surface area contributed by atoms with Crippen molar-refractivity contribution < 1.29 is 14.6 Å². The number of fused-ring (bicyclic) bond motifs is 1. The summed E-state index contributed by atoms with van der Waals surface area (Å²) in [5, 5.41) is 9.48. The Hall–Kier alpha value is -0.870. The molecule has 1 aromatic rings. The molecule has 2 unspecified atom stereocenters. The fourth-order valence-electron chi connectivity index (χ4n) is 2.14. The van der Waals surface area contributed by atoms with Crippen LogP contribution in [-0.2, 0) is 11.2 Å². The van der Waals surface area contributed by atoms with Crippen molar-refractivity contribution in [1.82, 2.24) is 0 Å². The van der Waals surface area contributed by atoms with Gasteiger partial charge in [0.15, 0.2) is 0 Å². The Bertz CT molecular complexity index is 476. The maximum absolute atomic E-state index is 11.1. The Morgan fingerprint density at radius 1 is 1.58 bits per heavy atom. The molecule has 0 radical (unpaired) electrons. The van der Waals surface area contributed by atoms with Crippen molar-refractivity contribution in [3.8, 4) is 5.75 Å². The predicted molar refractivity (Wildman–Crippen MR) is 78.3 cm³/mol. The minimum atomic E-state index is -0.751. The number of ether oxygens (including phenoxy) is 1. The number of aliphatic carboxylic acids is 1. The van der Waals surface area contributed by atoms with Crippen molar-refractivity contribution in [2.24, 2.45) is 5.92 Å². The van der Waals surface area contributed by atoms with Gasteiger partial charge in [-0.3, -0.25) is 4.79 Å². The SMILES string of the molecule is CC(C)C(SCC1Cc2cc(Cl)ccc2O1)C(=O)O. The number of carboxylic acids is 1. The third kappa shape index (κ3) is 3.57. The van der Waals surface area contributed by atoms with Gasteiger partial charge in [0.2, 0.25) is 0 Å². The number of hydrogen-bond acceptors (Lipinski definition) is 3. The second-order valence-corrected chi connectivity index (χ2v) is 6.64. The Balaban J connectivity index is 1.92. The molecule has 0 fully saturated rings. The summed E-state index contributed by atoms with van der Waals surface area (Å²) in [6, 6.07) is 5.60. The number of thioether (sulfide) groups is 1. The first-order valence-electron chi connectivity index (χ1n) is 6.27. The monoisotopic (exact) mass is 300 g/mol. The third-order valence-corrected chi connectivity index (χ3v) is 4.98. The van der Waals surface area contributed by atoms with Crippen molar-refractivity contribution in [2.45, 2.75) is 31.6 Å². The van der Waals surface area contributed by atoms with E-state index in [9.17, 15) is 4.79 Å². The molecule has 1 aliphatic rings. The number of halogens is 1. The zero-order valence-electron chi connectivity index (χ0n) is 10.9. The van der Waals surface area contributed by atoms with Crippen LogP contribution < -0.4 is 4.74 Å². The summed E-state index contributed by atoms with van der Waals surface area (Å²) in [5.41, 5.74) is 1.11. The molecule has 2 atom stereocenters. The molecule has 2 rings (SSSR count). The predicted octanol–water partition coefficient (Wildman–Crippen LogP) is 3.49. The van der Waals surface area contributed by atoms with Crippen molar-refractivity contribution in [3.63, 3.8) is 0 Å². The molecule has 5 heteroatoms. The van der Waals surface area contributed by atoms with Gasteiger partial charge in [0.1, 0.15) is 17.1 Å². The molecule has 3 nitrogen and oxygen atoms in total. The molecule has 0 saturated heterocycles. The van der Waals surface area contributed by atoms with Gasteiger partial charge in [0.05, 0.1) is 0 Å². The van der Waals surface area contributed by atoms with E-state index in [1.807, 2.05) is 32.0 Å². The summed E-state index contributed by atoms with van der Waals surface area (Å²) >= 11 is 7.40. The molecule has 1 N–H and O–H groups in total. The molecule has 0 bridgehead atoms. The van der Waals surface area contributed by atoms with Crippen LogP contribution in [0.5, 0.6) is 5.75 Å². The first-order valence-corrected chi connectivity index (χ1v) is 7.69. The lowest BCUT2D eigenvalue weighted by atomic mass is 10.1. The maximum Gasteiger partial charge on any atom is 0.316 e. The second kappa shape index (κ2) is 6.06. The molecule has 0 amide bonds. The van der Waals surface area contributed by atoms with E-state index in [-0.39, 0.29) is 17.3 Å². The van der Waals surface area contributed by atoms with Crippen LogP contribution in [0.2, 0.25) is 5.02 Å². The van der Waals surface area contributed by atoms with Crippen LogP contribution >= 0.6 is 23.4 Å². The van der Waals surface area contributed by atoms with E-state index >= 15 is 0 Å². The lowest BCUT2D eigenvalue weighted by Crippen LogP contribution is -2.26. The number of hydrogen-bond donors (Lipinski definition) is 1. The summed E-state index contributed by atoms with van der Waals surface area (Å²) in [5.74, 6) is 0.909. The topological polar surface area (TPSA) is 46.5 Å². The van der Waals surface area contributed by atoms with Gasteiger partial charge in [-0.15, -0.1) is 11.8 Å². The smallest absolute Gasteiger partial charge is 0.316 e. The molecule has 0 aromatic heterocycles. The molecule has 19 heavy (non-hydrogen) atoms. The average Bonchev–Trinajstić information content (AvgIpc) is 2.70. The fraction of sp³-hybridized carbons (Fsp3) is 0.500. The summed E-state index contributed by atoms with van der Waals surface area (Å²) in [4.78, 5) is 11.1. The molecule has 104 valence electrons. The number of carboxylic acid groups (broad SMARTS) is 1. The van der Waals surface area contributed by atoms with E-state index in [1.165, 1.54) is 11.8 Å². The highest BCUT2D eigenvalue weighted by Crippen LogP contribution is 2.33. The summed E-state index contributed by atoms with van der Waals surface area (Å²) in [6.07, 6.45) is 0.840. The van der Waals surface area contributed by atoms with Crippen LogP contribution in [0.15, 0.2) is 18.2 Å². The van der Waals surface area contributed by atoms with Crippen LogP contribution in [0.4, 0.5) is 0 Å². The average molecular weight is 301 g/mol. The van der Waals surface area contributed by atoms with E-state index < -0.39 is 5.97 Å². The third-order valence-electron chi connectivity index (χ3n) is 3.07. The molecule has 0 aliphatic carbocycles. The number of benzene rings is 1. The molecular formula is C14H17ClO3S. The van der Waals surface area contributed by atoms with E-state index in [2.05, 4.69) is 0 Å². The molecule has 0 saturated carbocycles. The van der Waals surface area contributed by atoms with Gasteiger partial charge in [0, 0.05) is 17.2 Å². The van der Waals surface area contributed by atoms with Gasteiger partial charge < -0.3 is 9.84 Å². The molecule has 1 heterocycles. The van der Waals surface area contributed by atoms with Gasteiger partial charge in [-0.05, 0) is 29.7 Å². The van der Waals surface area contributed by atoms with E-state index in [0.29, 0.717) is 10.8 Å². The van der Waals surface area contributed by atoms with Crippen LogP contribution in [0, 0.1) is 5.92 Å². The van der Waals surface area contributed by atoms with Gasteiger partial charge in [-0.25, -0.2) is 0 Å². The molecule has 0 spiro atoms. The quantitative estimate of drug-likeness (QED) is 0.904. The summed E-state index contributed by atoms with van der Waals surface area (Å²) < 4.78 is 5.80. The Kier molecular flexibility index (Phi) is 4.63. The van der Waals surface area contributed by atoms with Crippen molar-refractivity contribution in [1.29, 1.82) is 0 Å². The van der Waals surface area contributed by atoms with Crippen LogP contribution in [0.25, 0.3) is 0 Å². The number of rotatable bonds is 5. The van der Waals surface area contributed by atoms with Gasteiger partial charge in [-0.1, -0.05) is 25.4 Å². The van der Waals surface area contributed by atoms with Crippen LogP contribution in [-0.4, -0.2) is 28.2 Å². The maximum atomic E-state index is 11.1. The Labute approximate surface area is 122 Å². The van der Waals surface area contributed by atoms with Crippen molar-refractivity contribution in [3.05, 3.63) is 28.8 Å². The highest BCUT2D eigenvalue weighted by molar-refractivity contribution is 8.00. The highest BCUT2D eigenvalue weighted by Gasteiger charge is 2.27.